The Kier molecular flexibility index (Phi) is 3.60. The van der Waals surface area contributed by atoms with Crippen LogP contribution in [0, 0.1) is 11.3 Å². The van der Waals surface area contributed by atoms with Gasteiger partial charge in [-0.05, 0) is 49.1 Å². The first kappa shape index (κ1) is 14.1. The summed E-state index contributed by atoms with van der Waals surface area (Å²) in [5.74, 6) is 1.66. The van der Waals surface area contributed by atoms with E-state index in [1.54, 1.807) is 6.26 Å². The van der Waals surface area contributed by atoms with Gasteiger partial charge in [-0.3, -0.25) is 0 Å². The largest absolute Gasteiger partial charge is 0.467 e. The second-order valence-electron chi connectivity index (χ2n) is 6.97. The molecule has 4 rings (SSSR count). The minimum absolute atomic E-state index is 0.0479. The molecule has 3 aliphatic rings. The van der Waals surface area contributed by atoms with E-state index in [0.717, 1.165) is 18.2 Å². The van der Waals surface area contributed by atoms with Crippen molar-refractivity contribution >= 4 is 6.03 Å². The van der Waals surface area contributed by atoms with Crippen LogP contribution in [0.25, 0.3) is 0 Å². The Morgan fingerprint density at radius 1 is 1.41 bits per heavy atom. The maximum Gasteiger partial charge on any atom is 0.317 e. The summed E-state index contributed by atoms with van der Waals surface area (Å²) in [4.78, 5) is 14.3. The van der Waals surface area contributed by atoms with Crippen molar-refractivity contribution in [1.29, 1.82) is 0 Å². The quantitative estimate of drug-likeness (QED) is 0.930. The van der Waals surface area contributed by atoms with E-state index in [4.69, 9.17) is 9.15 Å². The topological polar surface area (TPSA) is 54.7 Å². The average Bonchev–Trinajstić information content (AvgIpc) is 3.20. The number of carbonyl (C=O) groups excluding carboxylic acids is 1. The predicted molar refractivity (Wildman–Crippen MR) is 81.4 cm³/mol. The van der Waals surface area contributed by atoms with E-state index in [2.05, 4.69) is 5.32 Å². The van der Waals surface area contributed by atoms with Crippen molar-refractivity contribution in [2.75, 3.05) is 26.2 Å². The van der Waals surface area contributed by atoms with Gasteiger partial charge in [0.05, 0.1) is 19.4 Å². The fourth-order valence-corrected chi connectivity index (χ4v) is 3.90. The molecule has 0 radical (unpaired) electrons. The van der Waals surface area contributed by atoms with Gasteiger partial charge in [0.25, 0.3) is 0 Å². The molecule has 22 heavy (non-hydrogen) atoms. The summed E-state index contributed by atoms with van der Waals surface area (Å²) >= 11 is 0. The molecular weight excluding hydrogens is 280 g/mol. The highest BCUT2D eigenvalue weighted by atomic mass is 16.5. The highest BCUT2D eigenvalue weighted by Gasteiger charge is 2.49. The molecule has 5 nitrogen and oxygen atoms in total. The zero-order valence-electron chi connectivity index (χ0n) is 12.9. The summed E-state index contributed by atoms with van der Waals surface area (Å²) in [6.45, 7) is 2.63. The van der Waals surface area contributed by atoms with Crippen LogP contribution in [0.3, 0.4) is 0 Å². The molecule has 0 aromatic carbocycles. The Hall–Kier alpha value is -1.49. The average molecular weight is 304 g/mol. The van der Waals surface area contributed by atoms with E-state index in [9.17, 15) is 4.79 Å². The molecule has 0 spiro atoms. The first-order chi connectivity index (χ1) is 10.8. The van der Waals surface area contributed by atoms with Gasteiger partial charge in [-0.25, -0.2) is 4.79 Å². The number of carbonyl (C=O) groups is 1. The highest BCUT2D eigenvalue weighted by molar-refractivity contribution is 5.74. The Bertz CT molecular complexity index is 520. The molecule has 1 saturated heterocycles. The van der Waals surface area contributed by atoms with E-state index >= 15 is 0 Å². The van der Waals surface area contributed by atoms with Crippen LogP contribution in [0.5, 0.6) is 0 Å². The minimum Gasteiger partial charge on any atom is -0.467 e. The van der Waals surface area contributed by atoms with Gasteiger partial charge in [0.15, 0.2) is 0 Å². The Morgan fingerprint density at radius 3 is 2.91 bits per heavy atom. The molecule has 1 aromatic heterocycles. The second-order valence-corrected chi connectivity index (χ2v) is 6.97. The third kappa shape index (κ3) is 2.62. The summed E-state index contributed by atoms with van der Waals surface area (Å²) in [6.07, 6.45) is 8.11. The highest BCUT2D eigenvalue weighted by Crippen LogP contribution is 2.56. The second kappa shape index (κ2) is 5.61. The molecule has 1 aromatic rings. The fourth-order valence-electron chi connectivity index (χ4n) is 3.90. The van der Waals surface area contributed by atoms with Gasteiger partial charge in [0.1, 0.15) is 11.9 Å². The minimum atomic E-state index is -0.143. The molecule has 2 amide bonds. The Balaban J connectivity index is 1.32. The van der Waals surface area contributed by atoms with Crippen molar-refractivity contribution in [3.8, 4) is 0 Å². The first-order valence-electron chi connectivity index (χ1n) is 8.45. The molecule has 2 heterocycles. The maximum atomic E-state index is 12.5. The normalized spacial score (nSPS) is 27.3. The van der Waals surface area contributed by atoms with Crippen LogP contribution in [0.4, 0.5) is 4.79 Å². The van der Waals surface area contributed by atoms with Crippen LogP contribution in [-0.2, 0) is 4.74 Å². The number of hydrogen-bond acceptors (Lipinski definition) is 3. The standard InChI is InChI=1S/C17H24N2O3/c20-16(18-12-17(6-2-7-17)13-4-5-13)19-8-10-22-15(11-19)14-3-1-9-21-14/h1,3,9,13,15H,2,4-8,10-12H2,(H,18,20). The molecule has 1 atom stereocenters. The molecule has 2 aliphatic carbocycles. The van der Waals surface area contributed by atoms with Gasteiger partial charge in [-0.15, -0.1) is 0 Å². The zero-order valence-corrected chi connectivity index (χ0v) is 12.9. The van der Waals surface area contributed by atoms with Crippen molar-refractivity contribution in [2.45, 2.75) is 38.2 Å². The molecule has 3 fully saturated rings. The van der Waals surface area contributed by atoms with Crippen molar-refractivity contribution in [3.63, 3.8) is 0 Å². The van der Waals surface area contributed by atoms with Gasteiger partial charge in [-0.1, -0.05) is 6.42 Å². The smallest absolute Gasteiger partial charge is 0.317 e. The van der Waals surface area contributed by atoms with Gasteiger partial charge in [0, 0.05) is 13.1 Å². The molecule has 1 unspecified atom stereocenters. The summed E-state index contributed by atoms with van der Waals surface area (Å²) in [7, 11) is 0. The lowest BCUT2D eigenvalue weighted by Gasteiger charge is -2.43. The number of furan rings is 1. The molecule has 5 heteroatoms. The lowest BCUT2D eigenvalue weighted by atomic mass is 9.65. The summed E-state index contributed by atoms with van der Waals surface area (Å²) in [5, 5.41) is 3.18. The molecule has 120 valence electrons. The van der Waals surface area contributed by atoms with Crippen LogP contribution >= 0.6 is 0 Å². The molecule has 0 bridgehead atoms. The lowest BCUT2D eigenvalue weighted by Crippen LogP contribution is -2.51. The number of rotatable bonds is 4. The van der Waals surface area contributed by atoms with Crippen LogP contribution < -0.4 is 5.32 Å². The Labute approximate surface area is 131 Å². The van der Waals surface area contributed by atoms with Crippen molar-refractivity contribution in [2.24, 2.45) is 11.3 Å². The lowest BCUT2D eigenvalue weighted by molar-refractivity contribution is -0.0268. The number of ether oxygens (including phenoxy) is 1. The fraction of sp³-hybridized carbons (Fsp3) is 0.706. The third-order valence-corrected chi connectivity index (χ3v) is 5.60. The summed E-state index contributed by atoms with van der Waals surface area (Å²) in [5.41, 5.74) is 0.419. The van der Waals surface area contributed by atoms with E-state index in [-0.39, 0.29) is 12.1 Å². The van der Waals surface area contributed by atoms with Gasteiger partial charge < -0.3 is 19.4 Å². The molecule has 1 aliphatic heterocycles. The van der Waals surface area contributed by atoms with E-state index < -0.39 is 0 Å². The van der Waals surface area contributed by atoms with Crippen LogP contribution in [-0.4, -0.2) is 37.2 Å². The third-order valence-electron chi connectivity index (χ3n) is 5.60. The van der Waals surface area contributed by atoms with Gasteiger partial charge >= 0.3 is 6.03 Å². The van der Waals surface area contributed by atoms with E-state index in [1.165, 1.54) is 32.1 Å². The van der Waals surface area contributed by atoms with Gasteiger partial charge in [-0.2, -0.15) is 0 Å². The zero-order chi connectivity index (χ0) is 15.0. The van der Waals surface area contributed by atoms with Crippen LogP contribution in [0.15, 0.2) is 22.8 Å². The maximum absolute atomic E-state index is 12.5. The Morgan fingerprint density at radius 2 is 2.27 bits per heavy atom. The predicted octanol–water partition coefficient (Wildman–Crippen LogP) is 2.94. The monoisotopic (exact) mass is 304 g/mol. The van der Waals surface area contributed by atoms with E-state index in [0.29, 0.717) is 25.1 Å². The number of amides is 2. The van der Waals surface area contributed by atoms with Crippen LogP contribution in [0.1, 0.15) is 44.0 Å². The van der Waals surface area contributed by atoms with Crippen molar-refractivity contribution < 1.29 is 13.9 Å². The van der Waals surface area contributed by atoms with E-state index in [1.807, 2.05) is 17.0 Å². The first-order valence-corrected chi connectivity index (χ1v) is 8.45. The number of nitrogens with zero attached hydrogens (tertiary/aromatic N) is 1. The number of hydrogen-bond donors (Lipinski definition) is 1. The van der Waals surface area contributed by atoms with Crippen molar-refractivity contribution in [3.05, 3.63) is 24.2 Å². The molecular formula is C17H24N2O3. The van der Waals surface area contributed by atoms with Gasteiger partial charge in [0.2, 0.25) is 0 Å². The van der Waals surface area contributed by atoms with Crippen molar-refractivity contribution in [1.82, 2.24) is 10.2 Å². The molecule has 1 N–H and O–H groups in total. The number of nitrogens with one attached hydrogen (secondary N) is 1. The number of morpholine rings is 1. The molecule has 2 saturated carbocycles. The summed E-state index contributed by atoms with van der Waals surface area (Å²) < 4.78 is 11.1. The number of urea groups is 1. The van der Waals surface area contributed by atoms with Crippen LogP contribution in [0.2, 0.25) is 0 Å². The summed E-state index contributed by atoms with van der Waals surface area (Å²) in [6, 6.07) is 3.81. The SMILES string of the molecule is O=C(NCC1(C2CC2)CCC1)N1CCOC(c2ccco2)C1.